The predicted molar refractivity (Wildman–Crippen MR) is 53.4 cm³/mol. The maximum absolute atomic E-state index is 5.87. The van der Waals surface area contributed by atoms with Crippen LogP contribution in [0, 0.1) is 5.92 Å². The van der Waals surface area contributed by atoms with Gasteiger partial charge in [-0.3, -0.25) is 0 Å². The fourth-order valence-electron chi connectivity index (χ4n) is 0.586. The Kier molecular flexibility index (Phi) is 3.97. The van der Waals surface area contributed by atoms with Crippen LogP contribution in [0.5, 0.6) is 0 Å². The first-order valence-corrected chi connectivity index (χ1v) is 5.71. The molecule has 0 spiro atoms. The number of nitrogens with two attached hydrogens (primary N) is 1. The van der Waals surface area contributed by atoms with Crippen LogP contribution in [0.2, 0.25) is 0 Å². The lowest BCUT2D eigenvalue weighted by atomic mass is 10.1. The molecule has 0 saturated carbocycles. The van der Waals surface area contributed by atoms with E-state index < -0.39 is 0 Å². The summed E-state index contributed by atoms with van der Waals surface area (Å²) in [7, 11) is 0. The molecule has 0 saturated heterocycles. The predicted octanol–water partition coefficient (Wildman–Crippen LogP) is 1.61. The highest BCUT2D eigenvalue weighted by molar-refractivity contribution is 8.01. The molecule has 1 aromatic rings. The van der Waals surface area contributed by atoms with Crippen molar-refractivity contribution >= 4 is 23.1 Å². The summed E-state index contributed by atoms with van der Waals surface area (Å²) in [5.41, 5.74) is 7.61. The van der Waals surface area contributed by atoms with Gasteiger partial charge in [0.25, 0.3) is 0 Å². The molecule has 1 rings (SSSR count). The van der Waals surface area contributed by atoms with Crippen molar-refractivity contribution in [2.75, 3.05) is 5.75 Å². The molecule has 3 nitrogen and oxygen atoms in total. The van der Waals surface area contributed by atoms with Crippen LogP contribution >= 0.6 is 23.1 Å². The van der Waals surface area contributed by atoms with E-state index in [0.29, 0.717) is 5.92 Å². The van der Waals surface area contributed by atoms with Crippen LogP contribution in [0.4, 0.5) is 0 Å². The second kappa shape index (κ2) is 4.79. The largest absolute Gasteiger partial charge is 0.327 e. The lowest BCUT2D eigenvalue weighted by Gasteiger charge is -2.13. The van der Waals surface area contributed by atoms with Gasteiger partial charge in [-0.1, -0.05) is 36.9 Å². The summed E-state index contributed by atoms with van der Waals surface area (Å²) < 4.78 is 1.01. The summed E-state index contributed by atoms with van der Waals surface area (Å²) in [5.74, 6) is 1.46. The molecule has 0 amide bonds. The van der Waals surface area contributed by atoms with Gasteiger partial charge in [-0.05, 0) is 5.92 Å². The van der Waals surface area contributed by atoms with Gasteiger partial charge in [0.1, 0.15) is 5.51 Å². The molecule has 12 heavy (non-hydrogen) atoms. The van der Waals surface area contributed by atoms with Crippen molar-refractivity contribution in [3.8, 4) is 0 Å². The molecule has 0 aliphatic rings. The van der Waals surface area contributed by atoms with Crippen molar-refractivity contribution in [3.63, 3.8) is 0 Å². The lowest BCUT2D eigenvalue weighted by Crippen LogP contribution is -2.28. The Morgan fingerprint density at radius 2 is 2.42 bits per heavy atom. The Bertz CT molecular complexity index is 210. The van der Waals surface area contributed by atoms with Crippen LogP contribution < -0.4 is 5.73 Å². The smallest absolute Gasteiger partial charge is 0.174 e. The van der Waals surface area contributed by atoms with Gasteiger partial charge in [0.05, 0.1) is 0 Å². The molecular weight excluding hydrogens is 190 g/mol. The third-order valence-electron chi connectivity index (χ3n) is 1.60. The third kappa shape index (κ3) is 3.08. The molecule has 68 valence electrons. The molecule has 1 aromatic heterocycles. The summed E-state index contributed by atoms with van der Waals surface area (Å²) in [5, 5.41) is 7.68. The normalized spacial score (nSPS) is 13.7. The zero-order valence-electron chi connectivity index (χ0n) is 7.23. The van der Waals surface area contributed by atoms with E-state index >= 15 is 0 Å². The number of hydrogen-bond donors (Lipinski definition) is 1. The Balaban J connectivity index is 2.27. The lowest BCUT2D eigenvalue weighted by molar-refractivity contribution is 0.535. The second-order valence-corrected chi connectivity index (χ2v) is 5.02. The van der Waals surface area contributed by atoms with Crippen LogP contribution in [-0.4, -0.2) is 22.0 Å². The molecule has 0 aliphatic heterocycles. The van der Waals surface area contributed by atoms with Gasteiger partial charge in [0.2, 0.25) is 0 Å². The maximum Gasteiger partial charge on any atom is 0.174 e. The summed E-state index contributed by atoms with van der Waals surface area (Å²) in [6.45, 7) is 4.26. The van der Waals surface area contributed by atoms with E-state index in [1.807, 2.05) is 0 Å². The van der Waals surface area contributed by atoms with Crippen molar-refractivity contribution in [1.29, 1.82) is 0 Å². The van der Waals surface area contributed by atoms with E-state index in [2.05, 4.69) is 24.0 Å². The minimum Gasteiger partial charge on any atom is -0.327 e. The standard InChI is InChI=1S/C7H13N3S2/c1-5(2)6(8)3-11-7-10-9-4-12-7/h4-6H,3,8H2,1-2H3. The molecule has 1 heterocycles. The molecule has 0 bridgehead atoms. The number of thioether (sulfide) groups is 1. The van der Waals surface area contributed by atoms with Crippen molar-refractivity contribution in [2.45, 2.75) is 24.2 Å². The quantitative estimate of drug-likeness (QED) is 0.755. The highest BCUT2D eigenvalue weighted by Gasteiger charge is 2.08. The Hall–Kier alpha value is -0.130. The minimum absolute atomic E-state index is 0.249. The van der Waals surface area contributed by atoms with Crippen LogP contribution in [0.25, 0.3) is 0 Å². The van der Waals surface area contributed by atoms with Crippen LogP contribution in [0.3, 0.4) is 0 Å². The van der Waals surface area contributed by atoms with Gasteiger partial charge < -0.3 is 5.73 Å². The highest BCUT2D eigenvalue weighted by atomic mass is 32.2. The molecule has 0 fully saturated rings. The summed E-state index contributed by atoms with van der Waals surface area (Å²) >= 11 is 3.25. The van der Waals surface area contributed by atoms with Crippen molar-refractivity contribution < 1.29 is 0 Å². The molecule has 1 atom stereocenters. The van der Waals surface area contributed by atoms with Gasteiger partial charge >= 0.3 is 0 Å². The number of rotatable bonds is 4. The average molecular weight is 203 g/mol. The zero-order valence-corrected chi connectivity index (χ0v) is 8.86. The monoisotopic (exact) mass is 203 g/mol. The Labute approximate surface area is 80.8 Å². The first-order chi connectivity index (χ1) is 5.70. The topological polar surface area (TPSA) is 51.8 Å². The van der Waals surface area contributed by atoms with Crippen molar-refractivity contribution in [3.05, 3.63) is 5.51 Å². The third-order valence-corrected chi connectivity index (χ3v) is 3.60. The number of hydrogen-bond acceptors (Lipinski definition) is 5. The van der Waals surface area contributed by atoms with Gasteiger partial charge in [0, 0.05) is 11.8 Å². The number of aromatic nitrogens is 2. The van der Waals surface area contributed by atoms with Gasteiger partial charge in [-0.15, -0.1) is 10.2 Å². The first kappa shape index (κ1) is 9.95. The zero-order chi connectivity index (χ0) is 8.97. The summed E-state index contributed by atoms with van der Waals surface area (Å²) in [6, 6.07) is 0.249. The summed E-state index contributed by atoms with van der Waals surface area (Å²) in [6.07, 6.45) is 0. The van der Waals surface area contributed by atoms with Crippen LogP contribution in [-0.2, 0) is 0 Å². The Morgan fingerprint density at radius 3 is 2.92 bits per heavy atom. The Morgan fingerprint density at radius 1 is 1.67 bits per heavy atom. The molecule has 0 aliphatic carbocycles. The molecule has 0 radical (unpaired) electrons. The maximum atomic E-state index is 5.87. The fourth-order valence-corrected chi connectivity index (χ4v) is 2.29. The van der Waals surface area contributed by atoms with E-state index in [4.69, 9.17) is 5.73 Å². The summed E-state index contributed by atoms with van der Waals surface area (Å²) in [4.78, 5) is 0. The SMILES string of the molecule is CC(C)C(N)CSc1nncs1. The average Bonchev–Trinajstić information content (AvgIpc) is 2.51. The van der Waals surface area contributed by atoms with E-state index in [0.717, 1.165) is 10.1 Å². The molecule has 1 unspecified atom stereocenters. The van der Waals surface area contributed by atoms with E-state index in [-0.39, 0.29) is 6.04 Å². The minimum atomic E-state index is 0.249. The highest BCUT2D eigenvalue weighted by Crippen LogP contribution is 2.20. The van der Waals surface area contributed by atoms with E-state index in [1.165, 1.54) is 0 Å². The van der Waals surface area contributed by atoms with Gasteiger partial charge in [-0.2, -0.15) is 0 Å². The fraction of sp³-hybridized carbons (Fsp3) is 0.714. The molecule has 2 N–H and O–H groups in total. The molecular formula is C7H13N3S2. The van der Waals surface area contributed by atoms with Gasteiger partial charge in [-0.25, -0.2) is 0 Å². The molecule has 0 aromatic carbocycles. The van der Waals surface area contributed by atoms with Gasteiger partial charge in [0.15, 0.2) is 4.34 Å². The number of nitrogens with zero attached hydrogens (tertiary/aromatic N) is 2. The van der Waals surface area contributed by atoms with E-state index in [9.17, 15) is 0 Å². The van der Waals surface area contributed by atoms with Crippen LogP contribution in [0.1, 0.15) is 13.8 Å². The van der Waals surface area contributed by atoms with Crippen molar-refractivity contribution in [2.24, 2.45) is 11.7 Å². The van der Waals surface area contributed by atoms with E-state index in [1.54, 1.807) is 28.6 Å². The first-order valence-electron chi connectivity index (χ1n) is 3.84. The second-order valence-electron chi connectivity index (χ2n) is 2.92. The molecule has 5 heteroatoms. The van der Waals surface area contributed by atoms with Crippen molar-refractivity contribution in [1.82, 2.24) is 10.2 Å². The van der Waals surface area contributed by atoms with Crippen LogP contribution in [0.15, 0.2) is 9.85 Å².